The molecule has 0 bridgehead atoms. The number of unbranched alkanes of at least 4 members (excludes halogenated alkanes) is 4. The summed E-state index contributed by atoms with van der Waals surface area (Å²) < 4.78 is 4.10. The Bertz CT molecular complexity index is 372. The molecule has 0 saturated carbocycles. The van der Waals surface area contributed by atoms with E-state index >= 15 is 0 Å². The Morgan fingerprint density at radius 2 is 2.06 bits per heavy atom. The molecule has 1 aromatic rings. The van der Waals surface area contributed by atoms with Gasteiger partial charge in [0.2, 0.25) is 0 Å². The average molecular weight is 252 g/mol. The maximum Gasteiger partial charge on any atom is 0.256 e. The molecule has 4 nitrogen and oxygen atoms in total. The van der Waals surface area contributed by atoms with E-state index in [0.29, 0.717) is 6.54 Å². The Morgan fingerprint density at radius 3 is 2.72 bits per heavy atom. The molecular formula is C14H24N2O2. The molecule has 0 unspecified atom stereocenters. The normalized spacial score (nSPS) is 10.8. The molecule has 0 radical (unpaired) electrons. The summed E-state index contributed by atoms with van der Waals surface area (Å²) >= 11 is 0. The van der Waals surface area contributed by atoms with Crippen molar-refractivity contribution in [1.29, 1.82) is 0 Å². The standard InChI is InChI=1S/C14H24N2O2/c1-3-4-5-6-7-8-13-15(2)11-12-16(13)10-9-14(17)18/h11-12H,3-10H2,1-2H3. The highest BCUT2D eigenvalue weighted by Crippen LogP contribution is 2.07. The average Bonchev–Trinajstić information content (AvgIpc) is 2.68. The van der Waals surface area contributed by atoms with Gasteiger partial charge >= 0.3 is 0 Å². The first-order valence-corrected chi connectivity index (χ1v) is 6.88. The first-order chi connectivity index (χ1) is 8.65. The fourth-order valence-electron chi connectivity index (χ4n) is 2.18. The Balaban J connectivity index is 2.42. The molecule has 0 atom stereocenters. The molecule has 0 aliphatic carbocycles. The molecule has 0 fully saturated rings. The highest BCUT2D eigenvalue weighted by Gasteiger charge is 2.13. The number of aryl methyl sites for hydroxylation is 2. The fourth-order valence-corrected chi connectivity index (χ4v) is 2.18. The third-order valence-electron chi connectivity index (χ3n) is 3.27. The van der Waals surface area contributed by atoms with Gasteiger partial charge in [-0.1, -0.05) is 32.6 Å². The van der Waals surface area contributed by atoms with Gasteiger partial charge in [-0.05, 0) is 6.42 Å². The molecule has 1 aromatic heterocycles. The van der Waals surface area contributed by atoms with Gasteiger partial charge in [0.25, 0.3) is 5.82 Å². The van der Waals surface area contributed by atoms with Crippen LogP contribution in [0.1, 0.15) is 51.3 Å². The minimum atomic E-state index is -0.986. The molecule has 0 N–H and O–H groups in total. The van der Waals surface area contributed by atoms with Crippen LogP contribution >= 0.6 is 0 Å². The molecule has 1 heterocycles. The van der Waals surface area contributed by atoms with Crippen LogP contribution < -0.4 is 9.67 Å². The summed E-state index contributed by atoms with van der Waals surface area (Å²) in [5.41, 5.74) is 0. The van der Waals surface area contributed by atoms with Crippen LogP contribution in [0, 0.1) is 0 Å². The second-order valence-electron chi connectivity index (χ2n) is 4.80. The van der Waals surface area contributed by atoms with E-state index in [1.807, 2.05) is 24.0 Å². The zero-order valence-electron chi connectivity index (χ0n) is 11.5. The first-order valence-electron chi connectivity index (χ1n) is 6.88. The van der Waals surface area contributed by atoms with Gasteiger partial charge in [-0.15, -0.1) is 0 Å². The predicted octanol–water partition coefficient (Wildman–Crippen LogP) is 0.965. The van der Waals surface area contributed by atoms with Crippen molar-refractivity contribution in [1.82, 2.24) is 4.57 Å². The maximum absolute atomic E-state index is 10.5. The topological polar surface area (TPSA) is 48.9 Å². The lowest BCUT2D eigenvalue weighted by Crippen LogP contribution is -2.32. The Labute approximate surface area is 109 Å². The number of carboxylic acid groups (broad SMARTS) is 1. The van der Waals surface area contributed by atoms with Crippen molar-refractivity contribution in [2.24, 2.45) is 7.05 Å². The van der Waals surface area contributed by atoms with Crippen molar-refractivity contribution in [3.63, 3.8) is 0 Å². The second kappa shape index (κ2) is 7.90. The van der Waals surface area contributed by atoms with Crippen molar-refractivity contribution in [2.45, 2.75) is 58.4 Å². The number of carbonyl (C=O) groups excluding carboxylic acids is 1. The number of carbonyl (C=O) groups is 1. The zero-order chi connectivity index (χ0) is 13.4. The SMILES string of the molecule is CCCCCCCc1n(CCC(=O)[O-])cc[n+]1C. The third kappa shape index (κ3) is 4.90. The van der Waals surface area contributed by atoms with E-state index in [9.17, 15) is 9.90 Å². The maximum atomic E-state index is 10.5. The molecule has 0 amide bonds. The number of hydrogen-bond acceptors (Lipinski definition) is 2. The lowest BCUT2D eigenvalue weighted by molar-refractivity contribution is -0.678. The third-order valence-corrected chi connectivity index (χ3v) is 3.27. The predicted molar refractivity (Wildman–Crippen MR) is 67.7 cm³/mol. The molecule has 18 heavy (non-hydrogen) atoms. The van der Waals surface area contributed by atoms with Crippen molar-refractivity contribution < 1.29 is 14.5 Å². The summed E-state index contributed by atoms with van der Waals surface area (Å²) in [4.78, 5) is 10.5. The lowest BCUT2D eigenvalue weighted by Gasteiger charge is -2.04. The van der Waals surface area contributed by atoms with E-state index in [1.165, 1.54) is 37.9 Å². The van der Waals surface area contributed by atoms with Gasteiger partial charge in [0.15, 0.2) is 0 Å². The minimum Gasteiger partial charge on any atom is -0.550 e. The zero-order valence-corrected chi connectivity index (χ0v) is 11.5. The van der Waals surface area contributed by atoms with Gasteiger partial charge in [-0.25, -0.2) is 9.13 Å². The van der Waals surface area contributed by atoms with Gasteiger partial charge in [-0.2, -0.15) is 0 Å². The van der Waals surface area contributed by atoms with Gasteiger partial charge in [0.1, 0.15) is 12.4 Å². The molecule has 0 saturated heterocycles. The minimum absolute atomic E-state index is 0.0809. The van der Waals surface area contributed by atoms with Crippen molar-refractivity contribution in [3.05, 3.63) is 18.2 Å². The Morgan fingerprint density at radius 1 is 1.33 bits per heavy atom. The molecule has 4 heteroatoms. The van der Waals surface area contributed by atoms with E-state index in [1.54, 1.807) is 0 Å². The van der Waals surface area contributed by atoms with Crippen LogP contribution in [-0.4, -0.2) is 10.5 Å². The Kier molecular flexibility index (Phi) is 6.47. The number of rotatable bonds is 9. The Hall–Kier alpha value is -1.32. The number of aromatic nitrogens is 2. The van der Waals surface area contributed by atoms with Gasteiger partial charge < -0.3 is 9.90 Å². The van der Waals surface area contributed by atoms with Crippen molar-refractivity contribution in [2.75, 3.05) is 0 Å². The van der Waals surface area contributed by atoms with Crippen LogP contribution in [0.2, 0.25) is 0 Å². The summed E-state index contributed by atoms with van der Waals surface area (Å²) in [5, 5.41) is 10.5. The molecule has 0 aromatic carbocycles. The number of aliphatic carboxylic acids is 1. The number of nitrogens with zero attached hydrogens (tertiary/aromatic N) is 2. The molecule has 0 aliphatic rings. The van der Waals surface area contributed by atoms with E-state index in [2.05, 4.69) is 11.5 Å². The van der Waals surface area contributed by atoms with E-state index in [4.69, 9.17) is 0 Å². The summed E-state index contributed by atoms with van der Waals surface area (Å²) in [5.74, 6) is 0.216. The largest absolute Gasteiger partial charge is 0.550 e. The van der Waals surface area contributed by atoms with Crippen molar-refractivity contribution >= 4 is 5.97 Å². The number of hydrogen-bond donors (Lipinski definition) is 0. The van der Waals surface area contributed by atoms with Crippen LogP contribution in [0.25, 0.3) is 0 Å². The molecule has 1 rings (SSSR count). The molecular weight excluding hydrogens is 228 g/mol. The smallest absolute Gasteiger partial charge is 0.256 e. The first kappa shape index (κ1) is 14.7. The second-order valence-corrected chi connectivity index (χ2v) is 4.80. The highest BCUT2D eigenvalue weighted by atomic mass is 16.4. The van der Waals surface area contributed by atoms with Crippen molar-refractivity contribution in [3.8, 4) is 0 Å². The molecule has 102 valence electrons. The highest BCUT2D eigenvalue weighted by molar-refractivity contribution is 5.64. The van der Waals surface area contributed by atoms with Crippen LogP contribution in [0.5, 0.6) is 0 Å². The number of carboxylic acids is 1. The van der Waals surface area contributed by atoms with Crippen LogP contribution in [-0.2, 0) is 24.8 Å². The van der Waals surface area contributed by atoms with E-state index in [-0.39, 0.29) is 6.42 Å². The monoisotopic (exact) mass is 252 g/mol. The summed E-state index contributed by atoms with van der Waals surface area (Å²) in [6.45, 7) is 2.72. The fraction of sp³-hybridized carbons (Fsp3) is 0.714. The van der Waals surface area contributed by atoms with Gasteiger partial charge in [0, 0.05) is 18.8 Å². The van der Waals surface area contributed by atoms with E-state index < -0.39 is 5.97 Å². The lowest BCUT2D eigenvalue weighted by atomic mass is 10.1. The van der Waals surface area contributed by atoms with Gasteiger partial charge in [0.05, 0.1) is 13.6 Å². The number of imidazole rings is 1. The summed E-state index contributed by atoms with van der Waals surface area (Å²) in [6, 6.07) is 0. The van der Waals surface area contributed by atoms with Crippen LogP contribution in [0.4, 0.5) is 0 Å². The quantitative estimate of drug-likeness (QED) is 0.485. The van der Waals surface area contributed by atoms with Crippen LogP contribution in [0.3, 0.4) is 0 Å². The molecule has 0 spiro atoms. The summed E-state index contributed by atoms with van der Waals surface area (Å²) in [7, 11) is 2.01. The van der Waals surface area contributed by atoms with Crippen LogP contribution in [0.15, 0.2) is 12.4 Å². The molecule has 0 aliphatic heterocycles. The van der Waals surface area contributed by atoms with E-state index in [0.717, 1.165) is 6.42 Å². The van der Waals surface area contributed by atoms with Gasteiger partial charge in [-0.3, -0.25) is 0 Å². The summed E-state index contributed by atoms with van der Waals surface area (Å²) in [6.07, 6.45) is 11.3.